The Morgan fingerprint density at radius 1 is 0.824 bits per heavy atom. The van der Waals surface area contributed by atoms with Crippen LogP contribution in [0, 0.1) is 0 Å². The zero-order chi connectivity index (χ0) is 12.5. The van der Waals surface area contributed by atoms with Crippen molar-refractivity contribution in [2.24, 2.45) is 0 Å². The Morgan fingerprint density at radius 2 is 1.24 bits per heavy atom. The molecule has 17 heavy (non-hydrogen) atoms. The number of rotatable bonds is 2. The molecule has 0 saturated heterocycles. The van der Waals surface area contributed by atoms with Gasteiger partial charge in [0.1, 0.15) is 0 Å². The van der Waals surface area contributed by atoms with Crippen molar-refractivity contribution in [2.45, 2.75) is 19.3 Å². The highest BCUT2D eigenvalue weighted by atomic mass is 16.3. The fourth-order valence-electron chi connectivity index (χ4n) is 1.94. The third-order valence-corrected chi connectivity index (χ3v) is 3.21. The molecule has 2 rings (SSSR count). The first-order valence-corrected chi connectivity index (χ1v) is 5.64. The van der Waals surface area contributed by atoms with Crippen molar-refractivity contribution in [3.63, 3.8) is 0 Å². The van der Waals surface area contributed by atoms with Gasteiger partial charge in [-0.3, -0.25) is 5.11 Å². The molecule has 0 heterocycles. The molecular formula is C15H16NO. The molecule has 2 heteroatoms. The van der Waals surface area contributed by atoms with E-state index in [0.29, 0.717) is 0 Å². The van der Waals surface area contributed by atoms with Gasteiger partial charge in [-0.2, -0.15) is 0 Å². The highest BCUT2D eigenvalue weighted by Gasteiger charge is 2.22. The van der Waals surface area contributed by atoms with Crippen LogP contribution in [0.5, 0.6) is 5.75 Å². The van der Waals surface area contributed by atoms with Gasteiger partial charge in [0, 0.05) is 11.1 Å². The highest BCUT2D eigenvalue weighted by molar-refractivity contribution is 5.45. The molecule has 0 atom stereocenters. The van der Waals surface area contributed by atoms with Gasteiger partial charge in [0.15, 0.2) is 5.75 Å². The van der Waals surface area contributed by atoms with E-state index in [4.69, 9.17) is 5.73 Å². The molecule has 2 aromatic carbocycles. The summed E-state index contributed by atoms with van der Waals surface area (Å²) in [5.41, 5.74) is 8.64. The van der Waals surface area contributed by atoms with Crippen molar-refractivity contribution in [1.29, 1.82) is 0 Å². The number of hydrogen-bond acceptors (Lipinski definition) is 1. The third kappa shape index (κ3) is 2.26. The summed E-state index contributed by atoms with van der Waals surface area (Å²) in [5, 5.41) is 11.1. The van der Waals surface area contributed by atoms with Crippen molar-refractivity contribution in [3.8, 4) is 5.75 Å². The smallest absolute Gasteiger partial charge is 0.178 e. The first kappa shape index (κ1) is 11.5. The van der Waals surface area contributed by atoms with Crippen LogP contribution in [0.25, 0.3) is 0 Å². The summed E-state index contributed by atoms with van der Waals surface area (Å²) in [6, 6.07) is 14.8. The van der Waals surface area contributed by atoms with Gasteiger partial charge < -0.3 is 5.73 Å². The number of nitrogen functional groups attached to an aromatic ring is 1. The fraction of sp³-hybridized carbons (Fsp3) is 0.200. The maximum atomic E-state index is 11.1. The van der Waals surface area contributed by atoms with E-state index in [1.165, 1.54) is 5.56 Å². The highest BCUT2D eigenvalue weighted by Crippen LogP contribution is 2.32. The summed E-state index contributed by atoms with van der Waals surface area (Å²) < 4.78 is 0. The van der Waals surface area contributed by atoms with E-state index in [1.807, 2.05) is 36.4 Å². The Hall–Kier alpha value is -1.96. The first-order chi connectivity index (χ1) is 8.00. The van der Waals surface area contributed by atoms with Crippen LogP contribution in [0.3, 0.4) is 0 Å². The molecule has 0 amide bonds. The summed E-state index contributed by atoms with van der Waals surface area (Å²) in [5.74, 6) is 0.0434. The number of anilines is 1. The molecule has 0 saturated carbocycles. The predicted octanol–water partition coefficient (Wildman–Crippen LogP) is 3.74. The molecule has 0 aromatic heterocycles. The number of nitrogens with two attached hydrogens (primary N) is 1. The molecule has 0 aliphatic rings. The molecule has 2 N–H and O–H groups in total. The van der Waals surface area contributed by atoms with Crippen LogP contribution in [0.15, 0.2) is 48.5 Å². The maximum Gasteiger partial charge on any atom is 0.178 e. The first-order valence-electron chi connectivity index (χ1n) is 5.64. The maximum absolute atomic E-state index is 11.1. The van der Waals surface area contributed by atoms with E-state index in [-0.39, 0.29) is 11.2 Å². The average molecular weight is 226 g/mol. The molecule has 0 bridgehead atoms. The zero-order valence-corrected chi connectivity index (χ0v) is 10.1. The molecular weight excluding hydrogens is 210 g/mol. The van der Waals surface area contributed by atoms with E-state index >= 15 is 0 Å². The van der Waals surface area contributed by atoms with Crippen LogP contribution < -0.4 is 5.73 Å². The van der Waals surface area contributed by atoms with Crippen molar-refractivity contribution in [3.05, 3.63) is 59.7 Å². The molecule has 0 unspecified atom stereocenters. The Bertz CT molecular complexity index is 450. The minimum absolute atomic E-state index is 0.0434. The molecule has 0 aliphatic heterocycles. The second-order valence-corrected chi connectivity index (χ2v) is 4.77. The van der Waals surface area contributed by atoms with E-state index in [2.05, 4.69) is 13.8 Å². The van der Waals surface area contributed by atoms with Crippen LogP contribution in [-0.4, -0.2) is 0 Å². The van der Waals surface area contributed by atoms with Crippen LogP contribution >= 0.6 is 0 Å². The minimum Gasteiger partial charge on any atom is -0.399 e. The van der Waals surface area contributed by atoms with Crippen molar-refractivity contribution >= 4 is 5.69 Å². The quantitative estimate of drug-likeness (QED) is 0.779. The average Bonchev–Trinajstić information content (AvgIpc) is 2.30. The largest absolute Gasteiger partial charge is 0.399 e. The van der Waals surface area contributed by atoms with Gasteiger partial charge in [-0.25, -0.2) is 0 Å². The lowest BCUT2D eigenvalue weighted by molar-refractivity contribution is 0.354. The minimum atomic E-state index is -0.124. The van der Waals surface area contributed by atoms with E-state index in [9.17, 15) is 5.11 Å². The SMILES string of the molecule is CC(C)(c1ccc(N)cc1)c1ccc([O])cc1. The summed E-state index contributed by atoms with van der Waals surface area (Å²) in [6.45, 7) is 4.27. The fourth-order valence-corrected chi connectivity index (χ4v) is 1.94. The Balaban J connectivity index is 2.41. The predicted molar refractivity (Wildman–Crippen MR) is 69.6 cm³/mol. The van der Waals surface area contributed by atoms with E-state index in [0.717, 1.165) is 11.3 Å². The van der Waals surface area contributed by atoms with Crippen LogP contribution in [0.4, 0.5) is 5.69 Å². The Morgan fingerprint density at radius 3 is 1.71 bits per heavy atom. The second-order valence-electron chi connectivity index (χ2n) is 4.77. The molecule has 0 spiro atoms. The summed E-state index contributed by atoms with van der Waals surface area (Å²) in [4.78, 5) is 0. The van der Waals surface area contributed by atoms with Gasteiger partial charge in [0.2, 0.25) is 0 Å². The van der Waals surface area contributed by atoms with Gasteiger partial charge in [-0.15, -0.1) is 0 Å². The summed E-state index contributed by atoms with van der Waals surface area (Å²) >= 11 is 0. The van der Waals surface area contributed by atoms with Gasteiger partial charge in [-0.1, -0.05) is 38.1 Å². The van der Waals surface area contributed by atoms with Crippen LogP contribution in [0.1, 0.15) is 25.0 Å². The standard InChI is InChI=1S/C15H16NO/c1-15(2,11-3-7-13(16)8-4-11)12-5-9-14(17)10-6-12/h3-10H,16H2,1-2H3. The Kier molecular flexibility index (Phi) is 2.80. The summed E-state index contributed by atoms with van der Waals surface area (Å²) in [7, 11) is 0. The van der Waals surface area contributed by atoms with E-state index in [1.54, 1.807) is 12.1 Å². The number of hydrogen-bond donors (Lipinski definition) is 1. The molecule has 87 valence electrons. The lowest BCUT2D eigenvalue weighted by atomic mass is 9.78. The molecule has 0 fully saturated rings. The van der Waals surface area contributed by atoms with E-state index < -0.39 is 0 Å². The lowest BCUT2D eigenvalue weighted by Gasteiger charge is -2.26. The lowest BCUT2D eigenvalue weighted by Crippen LogP contribution is -2.18. The van der Waals surface area contributed by atoms with Crippen LogP contribution in [0.2, 0.25) is 0 Å². The molecule has 0 aliphatic carbocycles. The Labute approximate surface area is 102 Å². The van der Waals surface area contributed by atoms with Gasteiger partial charge in [0.05, 0.1) is 0 Å². The molecule has 2 nitrogen and oxygen atoms in total. The van der Waals surface area contributed by atoms with Crippen molar-refractivity contribution in [2.75, 3.05) is 5.73 Å². The number of benzene rings is 2. The molecule has 2 aromatic rings. The third-order valence-electron chi connectivity index (χ3n) is 3.21. The topological polar surface area (TPSA) is 45.9 Å². The normalized spacial score (nSPS) is 11.4. The van der Waals surface area contributed by atoms with Gasteiger partial charge >= 0.3 is 0 Å². The zero-order valence-electron chi connectivity index (χ0n) is 10.1. The second kappa shape index (κ2) is 4.13. The van der Waals surface area contributed by atoms with Crippen molar-refractivity contribution < 1.29 is 5.11 Å². The van der Waals surface area contributed by atoms with Crippen LogP contribution in [-0.2, 0) is 10.5 Å². The van der Waals surface area contributed by atoms with Gasteiger partial charge in [-0.05, 0) is 35.4 Å². The van der Waals surface area contributed by atoms with Gasteiger partial charge in [0.25, 0.3) is 0 Å². The molecule has 1 radical (unpaired) electrons. The monoisotopic (exact) mass is 226 g/mol. The van der Waals surface area contributed by atoms with Crippen molar-refractivity contribution in [1.82, 2.24) is 0 Å². The summed E-state index contributed by atoms with van der Waals surface area (Å²) in [6.07, 6.45) is 0.